The average molecular weight is 293 g/mol. The number of para-hydroxylation sites is 1. The molecule has 0 fully saturated rings. The molecule has 0 spiro atoms. The van der Waals surface area contributed by atoms with Crippen molar-refractivity contribution in [3.05, 3.63) is 48.3 Å². The molecule has 0 saturated carbocycles. The van der Waals surface area contributed by atoms with Crippen LogP contribution in [0.4, 0.5) is 5.69 Å². The van der Waals surface area contributed by atoms with Gasteiger partial charge in [-0.15, -0.1) is 0 Å². The van der Waals surface area contributed by atoms with Gasteiger partial charge in [0.25, 0.3) is 10.0 Å². The van der Waals surface area contributed by atoms with E-state index in [9.17, 15) is 8.42 Å². The molecule has 108 valence electrons. The third-order valence-electron chi connectivity index (χ3n) is 3.21. The Hall–Kier alpha value is -1.79. The van der Waals surface area contributed by atoms with Crippen LogP contribution in [0, 0.1) is 0 Å². The van der Waals surface area contributed by atoms with Crippen LogP contribution in [0.25, 0.3) is 0 Å². The zero-order chi connectivity index (χ0) is 14.8. The Labute approximate surface area is 119 Å². The Balaban J connectivity index is 2.47. The van der Waals surface area contributed by atoms with E-state index in [-0.39, 0.29) is 4.90 Å². The Kier molecular flexibility index (Phi) is 4.15. The second kappa shape index (κ2) is 5.68. The molecular weight excluding hydrogens is 274 g/mol. The lowest BCUT2D eigenvalue weighted by atomic mass is 10.3. The normalized spacial score (nSPS) is 11.6. The molecule has 2 aromatic rings. The minimum absolute atomic E-state index is 0.270. The first-order valence-corrected chi connectivity index (χ1v) is 7.87. The summed E-state index contributed by atoms with van der Waals surface area (Å²) in [5, 5.41) is 0. The molecule has 1 aromatic heterocycles. The Bertz CT molecular complexity index is 678. The second-order valence-electron chi connectivity index (χ2n) is 4.49. The average Bonchev–Trinajstić information content (AvgIpc) is 2.82. The molecule has 0 aliphatic heterocycles. The molecule has 0 atom stereocenters. The minimum Gasteiger partial charge on any atom is -0.352 e. The predicted molar refractivity (Wildman–Crippen MR) is 80.0 cm³/mol. The zero-order valence-corrected chi connectivity index (χ0v) is 12.5. The van der Waals surface area contributed by atoms with Gasteiger partial charge in [0, 0.05) is 32.0 Å². The molecule has 0 bridgehead atoms. The van der Waals surface area contributed by atoms with Crippen molar-refractivity contribution < 1.29 is 8.42 Å². The SMILES string of the molecule is CCN(c1ccccc1)S(=O)(=O)c1cc(CN)n(C)c1. The number of rotatable bonds is 5. The number of nitrogens with zero attached hydrogens (tertiary/aromatic N) is 2. The van der Waals surface area contributed by atoms with Crippen LogP contribution < -0.4 is 10.0 Å². The molecule has 0 aliphatic rings. The van der Waals surface area contributed by atoms with Gasteiger partial charge in [-0.25, -0.2) is 8.42 Å². The summed E-state index contributed by atoms with van der Waals surface area (Å²) in [5.41, 5.74) is 7.04. The molecule has 1 heterocycles. The molecule has 0 aliphatic carbocycles. The first-order chi connectivity index (χ1) is 9.50. The fraction of sp³-hybridized carbons (Fsp3) is 0.286. The first kappa shape index (κ1) is 14.6. The molecule has 0 radical (unpaired) electrons. The maximum Gasteiger partial charge on any atom is 0.265 e. The second-order valence-corrected chi connectivity index (χ2v) is 6.35. The van der Waals surface area contributed by atoms with Gasteiger partial charge in [0.15, 0.2) is 0 Å². The topological polar surface area (TPSA) is 68.3 Å². The summed E-state index contributed by atoms with van der Waals surface area (Å²) in [6, 6.07) is 10.7. The van der Waals surface area contributed by atoms with Crippen molar-refractivity contribution in [1.82, 2.24) is 4.57 Å². The number of aromatic nitrogens is 1. The van der Waals surface area contributed by atoms with Crippen LogP contribution >= 0.6 is 0 Å². The lowest BCUT2D eigenvalue weighted by Gasteiger charge is -2.22. The van der Waals surface area contributed by atoms with E-state index in [4.69, 9.17) is 5.73 Å². The molecule has 20 heavy (non-hydrogen) atoms. The summed E-state index contributed by atoms with van der Waals surface area (Å²) >= 11 is 0. The monoisotopic (exact) mass is 293 g/mol. The van der Waals surface area contributed by atoms with Crippen molar-refractivity contribution >= 4 is 15.7 Å². The van der Waals surface area contributed by atoms with Gasteiger partial charge in [-0.2, -0.15) is 0 Å². The highest BCUT2D eigenvalue weighted by molar-refractivity contribution is 7.92. The van der Waals surface area contributed by atoms with Gasteiger partial charge in [-0.3, -0.25) is 4.31 Å². The summed E-state index contributed by atoms with van der Waals surface area (Å²) < 4.78 is 28.6. The van der Waals surface area contributed by atoms with Crippen LogP contribution in [0.5, 0.6) is 0 Å². The standard InChI is InChI=1S/C14H19N3O2S/c1-3-17(12-7-5-4-6-8-12)20(18,19)14-9-13(10-15)16(2)11-14/h4-9,11H,3,10,15H2,1-2H3. The fourth-order valence-electron chi connectivity index (χ4n) is 2.13. The predicted octanol–water partition coefficient (Wildman–Crippen LogP) is 1.70. The van der Waals surface area contributed by atoms with Crippen LogP contribution in [-0.4, -0.2) is 19.5 Å². The largest absolute Gasteiger partial charge is 0.352 e. The summed E-state index contributed by atoms with van der Waals surface area (Å²) in [6.07, 6.45) is 1.60. The number of hydrogen-bond donors (Lipinski definition) is 1. The van der Waals surface area contributed by atoms with Crippen molar-refractivity contribution in [2.24, 2.45) is 12.8 Å². The molecule has 0 saturated heterocycles. The van der Waals surface area contributed by atoms with Gasteiger partial charge in [0.1, 0.15) is 4.90 Å². The third kappa shape index (κ3) is 2.57. The molecule has 1 aromatic carbocycles. The van der Waals surface area contributed by atoms with Gasteiger partial charge < -0.3 is 10.3 Å². The maximum atomic E-state index is 12.7. The zero-order valence-electron chi connectivity index (χ0n) is 11.7. The van der Waals surface area contributed by atoms with Crippen LogP contribution in [0.2, 0.25) is 0 Å². The summed E-state index contributed by atoms with van der Waals surface area (Å²) in [4.78, 5) is 0.270. The Morgan fingerprint density at radius 2 is 1.90 bits per heavy atom. The molecule has 0 amide bonds. The van der Waals surface area contributed by atoms with Crippen molar-refractivity contribution in [3.63, 3.8) is 0 Å². The van der Waals surface area contributed by atoms with E-state index in [1.807, 2.05) is 25.1 Å². The van der Waals surface area contributed by atoms with Crippen LogP contribution in [0.3, 0.4) is 0 Å². The number of hydrogen-bond acceptors (Lipinski definition) is 3. The summed E-state index contributed by atoms with van der Waals surface area (Å²) in [7, 11) is -1.77. The van der Waals surface area contributed by atoms with Gasteiger partial charge in [-0.1, -0.05) is 18.2 Å². The third-order valence-corrected chi connectivity index (χ3v) is 5.08. The van der Waals surface area contributed by atoms with Gasteiger partial charge >= 0.3 is 0 Å². The van der Waals surface area contributed by atoms with Crippen LogP contribution in [0.15, 0.2) is 47.5 Å². The van der Waals surface area contributed by atoms with E-state index in [1.54, 1.807) is 36.0 Å². The number of aryl methyl sites for hydroxylation is 1. The number of sulfonamides is 1. The lowest BCUT2D eigenvalue weighted by molar-refractivity contribution is 0.591. The number of benzene rings is 1. The quantitative estimate of drug-likeness (QED) is 0.912. The maximum absolute atomic E-state index is 12.7. The van der Waals surface area contributed by atoms with E-state index >= 15 is 0 Å². The minimum atomic E-state index is -3.56. The van der Waals surface area contributed by atoms with Crippen molar-refractivity contribution in [2.45, 2.75) is 18.4 Å². The van der Waals surface area contributed by atoms with E-state index in [2.05, 4.69) is 0 Å². The Morgan fingerprint density at radius 1 is 1.25 bits per heavy atom. The van der Waals surface area contributed by atoms with Crippen molar-refractivity contribution in [3.8, 4) is 0 Å². The fourth-order valence-corrected chi connectivity index (χ4v) is 3.70. The smallest absolute Gasteiger partial charge is 0.265 e. The molecule has 2 rings (SSSR count). The van der Waals surface area contributed by atoms with E-state index in [0.29, 0.717) is 18.8 Å². The number of anilines is 1. The van der Waals surface area contributed by atoms with Gasteiger partial charge in [-0.05, 0) is 25.1 Å². The molecule has 0 unspecified atom stereocenters. The highest BCUT2D eigenvalue weighted by atomic mass is 32.2. The lowest BCUT2D eigenvalue weighted by Crippen LogP contribution is -2.30. The molecule has 2 N–H and O–H groups in total. The molecule has 5 nitrogen and oxygen atoms in total. The highest BCUT2D eigenvalue weighted by Gasteiger charge is 2.25. The van der Waals surface area contributed by atoms with Gasteiger partial charge in [0.2, 0.25) is 0 Å². The van der Waals surface area contributed by atoms with Gasteiger partial charge in [0.05, 0.1) is 5.69 Å². The van der Waals surface area contributed by atoms with E-state index in [1.165, 1.54) is 4.31 Å². The van der Waals surface area contributed by atoms with E-state index in [0.717, 1.165) is 5.69 Å². The molecular formula is C14H19N3O2S. The van der Waals surface area contributed by atoms with E-state index < -0.39 is 10.0 Å². The number of nitrogens with two attached hydrogens (primary N) is 1. The van der Waals surface area contributed by atoms with Crippen molar-refractivity contribution in [1.29, 1.82) is 0 Å². The van der Waals surface area contributed by atoms with Crippen molar-refractivity contribution in [2.75, 3.05) is 10.8 Å². The van der Waals surface area contributed by atoms with Crippen LogP contribution in [-0.2, 0) is 23.6 Å². The summed E-state index contributed by atoms with van der Waals surface area (Å²) in [5.74, 6) is 0. The first-order valence-electron chi connectivity index (χ1n) is 6.43. The highest BCUT2D eigenvalue weighted by Crippen LogP contribution is 2.24. The summed E-state index contributed by atoms with van der Waals surface area (Å²) in [6.45, 7) is 2.50. The molecule has 6 heteroatoms. The Morgan fingerprint density at radius 3 is 2.40 bits per heavy atom. The van der Waals surface area contributed by atoms with Crippen LogP contribution in [0.1, 0.15) is 12.6 Å².